The third-order valence-corrected chi connectivity index (χ3v) is 3.22. The van der Waals surface area contributed by atoms with Crippen molar-refractivity contribution >= 4 is 36.0 Å². The van der Waals surface area contributed by atoms with Gasteiger partial charge in [-0.15, -0.1) is 24.0 Å². The number of nitrogens with two attached hydrogens (primary N) is 1. The molecule has 1 amide bonds. The van der Waals surface area contributed by atoms with Gasteiger partial charge in [0.15, 0.2) is 5.96 Å². The highest BCUT2D eigenvalue weighted by atomic mass is 127. The molecule has 0 unspecified atom stereocenters. The van der Waals surface area contributed by atoms with Crippen molar-refractivity contribution in [1.82, 2.24) is 10.2 Å². The summed E-state index contributed by atoms with van der Waals surface area (Å²) in [5.74, 6) is 0.982. The highest BCUT2D eigenvalue weighted by molar-refractivity contribution is 14.0. The number of nitrogens with zero attached hydrogens (tertiary/aromatic N) is 2. The Bertz CT molecular complexity index is 372. The van der Waals surface area contributed by atoms with Gasteiger partial charge in [0.2, 0.25) is 0 Å². The molecule has 22 heavy (non-hydrogen) atoms. The van der Waals surface area contributed by atoms with Crippen molar-refractivity contribution in [2.75, 3.05) is 19.6 Å². The van der Waals surface area contributed by atoms with Crippen molar-refractivity contribution in [3.8, 4) is 0 Å². The zero-order valence-electron chi connectivity index (χ0n) is 14.4. The summed E-state index contributed by atoms with van der Waals surface area (Å²) in [5.41, 5.74) is 5.36. The van der Waals surface area contributed by atoms with E-state index in [0.29, 0.717) is 24.5 Å². The Labute approximate surface area is 151 Å². The first kappa shape index (κ1) is 21.3. The molecule has 0 atom stereocenters. The first-order chi connectivity index (χ1) is 9.67. The van der Waals surface area contributed by atoms with Crippen LogP contribution in [0, 0.1) is 5.92 Å². The molecule has 1 aliphatic heterocycles. The average Bonchev–Trinajstić information content (AvgIpc) is 2.34. The minimum atomic E-state index is -0.435. The molecular formula is C15H31IN4O2. The summed E-state index contributed by atoms with van der Waals surface area (Å²) in [6, 6.07) is 0.294. The molecule has 3 N–H and O–H groups in total. The molecule has 0 aliphatic carbocycles. The van der Waals surface area contributed by atoms with Gasteiger partial charge in [0.1, 0.15) is 5.60 Å². The molecule has 1 rings (SSSR count). The van der Waals surface area contributed by atoms with E-state index in [0.717, 1.165) is 25.9 Å². The second-order valence-corrected chi connectivity index (χ2v) is 6.94. The Morgan fingerprint density at radius 2 is 1.91 bits per heavy atom. The molecule has 130 valence electrons. The molecule has 0 aromatic rings. The van der Waals surface area contributed by atoms with Crippen molar-refractivity contribution in [2.45, 2.75) is 59.1 Å². The molecule has 0 bridgehead atoms. The van der Waals surface area contributed by atoms with E-state index in [4.69, 9.17) is 10.5 Å². The Morgan fingerprint density at radius 3 is 2.36 bits per heavy atom. The number of halogens is 1. The molecule has 1 fully saturated rings. The number of ether oxygens (including phenoxy) is 1. The second-order valence-electron chi connectivity index (χ2n) is 6.94. The fraction of sp³-hybridized carbons (Fsp3) is 0.867. The first-order valence-corrected chi connectivity index (χ1v) is 7.72. The number of carbonyl (C=O) groups excluding carboxylic acids is 1. The first-order valence-electron chi connectivity index (χ1n) is 7.72. The normalized spacial score (nSPS) is 17.2. The third kappa shape index (κ3) is 8.65. The SMILES string of the molecule is CC(C)NC(N)=NCC1CCN(C(=O)OC(C)(C)C)CC1.I. The van der Waals surface area contributed by atoms with Crippen molar-refractivity contribution in [3.05, 3.63) is 0 Å². The van der Waals surface area contributed by atoms with Gasteiger partial charge in [-0.05, 0) is 53.4 Å². The molecule has 1 aliphatic rings. The molecule has 0 radical (unpaired) electrons. The maximum absolute atomic E-state index is 12.0. The van der Waals surface area contributed by atoms with Crippen molar-refractivity contribution in [2.24, 2.45) is 16.6 Å². The quantitative estimate of drug-likeness (QED) is 0.413. The molecule has 0 aromatic heterocycles. The van der Waals surface area contributed by atoms with Crippen LogP contribution in [0.5, 0.6) is 0 Å². The maximum atomic E-state index is 12.0. The smallest absolute Gasteiger partial charge is 0.410 e. The van der Waals surface area contributed by atoms with Crippen LogP contribution < -0.4 is 11.1 Å². The van der Waals surface area contributed by atoms with Crippen molar-refractivity contribution in [3.63, 3.8) is 0 Å². The number of amides is 1. The minimum absolute atomic E-state index is 0. The van der Waals surface area contributed by atoms with Crippen LogP contribution in [0.25, 0.3) is 0 Å². The lowest BCUT2D eigenvalue weighted by Gasteiger charge is -2.33. The summed E-state index contributed by atoms with van der Waals surface area (Å²) in [5, 5.41) is 3.08. The summed E-state index contributed by atoms with van der Waals surface area (Å²) in [6.45, 7) is 11.9. The predicted molar refractivity (Wildman–Crippen MR) is 101 cm³/mol. The van der Waals surface area contributed by atoms with Crippen LogP contribution in [0.4, 0.5) is 4.79 Å². The molecule has 6 nitrogen and oxygen atoms in total. The number of rotatable bonds is 3. The predicted octanol–water partition coefficient (Wildman–Crippen LogP) is 2.56. The number of hydrogen-bond donors (Lipinski definition) is 2. The van der Waals surface area contributed by atoms with E-state index in [1.807, 2.05) is 34.6 Å². The van der Waals surface area contributed by atoms with E-state index in [1.165, 1.54) is 0 Å². The molecule has 7 heteroatoms. The number of likely N-dealkylation sites (tertiary alicyclic amines) is 1. The van der Waals surface area contributed by atoms with E-state index < -0.39 is 5.60 Å². The molecule has 1 heterocycles. The van der Waals surface area contributed by atoms with E-state index in [2.05, 4.69) is 10.3 Å². The summed E-state index contributed by atoms with van der Waals surface area (Å²) < 4.78 is 5.38. The monoisotopic (exact) mass is 426 g/mol. The largest absolute Gasteiger partial charge is 0.444 e. The van der Waals surface area contributed by atoms with Crippen LogP contribution in [-0.4, -0.2) is 48.2 Å². The van der Waals surface area contributed by atoms with Gasteiger partial charge in [0.25, 0.3) is 0 Å². The van der Waals surface area contributed by atoms with E-state index in [9.17, 15) is 4.79 Å². The molecule has 1 saturated heterocycles. The molecule has 0 aromatic carbocycles. The Morgan fingerprint density at radius 1 is 1.36 bits per heavy atom. The standard InChI is InChI=1S/C15H30N4O2.HI/c1-11(2)18-13(16)17-10-12-6-8-19(9-7-12)14(20)21-15(3,4)5;/h11-12H,6-10H2,1-5H3,(H3,16,17,18);1H. The minimum Gasteiger partial charge on any atom is -0.444 e. The van der Waals surface area contributed by atoms with Crippen LogP contribution in [0.3, 0.4) is 0 Å². The van der Waals surface area contributed by atoms with Gasteiger partial charge in [-0.25, -0.2) is 4.79 Å². The highest BCUT2D eigenvalue weighted by Crippen LogP contribution is 2.19. The Balaban J connectivity index is 0.00000441. The van der Waals surface area contributed by atoms with Gasteiger partial charge in [-0.1, -0.05) is 0 Å². The number of carbonyl (C=O) groups is 1. The Kier molecular flexibility index (Phi) is 9.11. The lowest BCUT2D eigenvalue weighted by atomic mass is 9.97. The number of guanidine groups is 1. The van der Waals surface area contributed by atoms with Crippen LogP contribution in [0.15, 0.2) is 4.99 Å². The maximum Gasteiger partial charge on any atom is 0.410 e. The number of nitrogens with one attached hydrogen (secondary N) is 1. The summed E-state index contributed by atoms with van der Waals surface area (Å²) in [4.78, 5) is 18.1. The van der Waals surface area contributed by atoms with Crippen LogP contribution in [0.2, 0.25) is 0 Å². The second kappa shape index (κ2) is 9.42. The number of hydrogen-bond acceptors (Lipinski definition) is 3. The van der Waals surface area contributed by atoms with Crippen LogP contribution in [-0.2, 0) is 4.74 Å². The Hall–Kier alpha value is -0.730. The van der Waals surface area contributed by atoms with E-state index >= 15 is 0 Å². The lowest BCUT2D eigenvalue weighted by Crippen LogP contribution is -2.42. The topological polar surface area (TPSA) is 80.0 Å². The zero-order chi connectivity index (χ0) is 16.0. The van der Waals surface area contributed by atoms with E-state index in [-0.39, 0.29) is 30.1 Å². The average molecular weight is 426 g/mol. The molecular weight excluding hydrogens is 395 g/mol. The fourth-order valence-corrected chi connectivity index (χ4v) is 2.19. The highest BCUT2D eigenvalue weighted by Gasteiger charge is 2.26. The number of piperidine rings is 1. The van der Waals surface area contributed by atoms with Crippen molar-refractivity contribution in [1.29, 1.82) is 0 Å². The van der Waals surface area contributed by atoms with Gasteiger partial charge in [-0.2, -0.15) is 0 Å². The molecule has 0 saturated carbocycles. The summed E-state index contributed by atoms with van der Waals surface area (Å²) >= 11 is 0. The zero-order valence-corrected chi connectivity index (χ0v) is 16.7. The van der Waals surface area contributed by atoms with Gasteiger partial charge in [0.05, 0.1) is 0 Å². The van der Waals surface area contributed by atoms with Crippen molar-refractivity contribution < 1.29 is 9.53 Å². The van der Waals surface area contributed by atoms with Gasteiger partial charge in [-0.3, -0.25) is 4.99 Å². The van der Waals surface area contributed by atoms with Gasteiger partial charge >= 0.3 is 6.09 Å². The van der Waals surface area contributed by atoms with Crippen LogP contribution >= 0.6 is 24.0 Å². The van der Waals surface area contributed by atoms with Gasteiger partial charge < -0.3 is 20.7 Å². The van der Waals surface area contributed by atoms with E-state index in [1.54, 1.807) is 4.90 Å². The third-order valence-electron chi connectivity index (χ3n) is 3.22. The molecule has 0 spiro atoms. The van der Waals surface area contributed by atoms with Gasteiger partial charge in [0, 0.05) is 25.7 Å². The fourth-order valence-electron chi connectivity index (χ4n) is 2.19. The lowest BCUT2D eigenvalue weighted by molar-refractivity contribution is 0.0187. The van der Waals surface area contributed by atoms with Crippen LogP contribution in [0.1, 0.15) is 47.5 Å². The summed E-state index contributed by atoms with van der Waals surface area (Å²) in [7, 11) is 0. The summed E-state index contributed by atoms with van der Waals surface area (Å²) in [6.07, 6.45) is 1.67. The number of aliphatic imine (C=N–C) groups is 1.